The first-order valence-corrected chi connectivity index (χ1v) is 6.44. The Morgan fingerprint density at radius 3 is 2.65 bits per heavy atom. The van der Waals surface area contributed by atoms with Gasteiger partial charge in [0.05, 0.1) is 11.8 Å². The van der Waals surface area contributed by atoms with Crippen molar-refractivity contribution in [2.75, 3.05) is 5.32 Å². The van der Waals surface area contributed by atoms with Gasteiger partial charge in [0.25, 0.3) is 5.91 Å². The topological polar surface area (TPSA) is 46.9 Å². The average Bonchev–Trinajstić information content (AvgIpc) is 2.79. The van der Waals surface area contributed by atoms with Crippen molar-refractivity contribution in [3.8, 4) is 0 Å². The summed E-state index contributed by atoms with van der Waals surface area (Å²) in [4.78, 5) is 12.3. The Hall–Kier alpha value is -2.62. The van der Waals surface area contributed by atoms with Gasteiger partial charge in [-0.3, -0.25) is 9.48 Å². The van der Waals surface area contributed by atoms with Gasteiger partial charge in [-0.15, -0.1) is 0 Å². The highest BCUT2D eigenvalue weighted by atomic mass is 16.1. The number of rotatable bonds is 2. The minimum Gasteiger partial charge on any atom is -0.321 e. The van der Waals surface area contributed by atoms with Crippen molar-refractivity contribution in [1.82, 2.24) is 9.78 Å². The maximum absolute atomic E-state index is 12.3. The van der Waals surface area contributed by atoms with Crippen LogP contribution >= 0.6 is 0 Å². The first-order chi connectivity index (χ1) is 9.66. The number of carbonyl (C=O) groups excluding carboxylic acids is 1. The fourth-order valence-electron chi connectivity index (χ4n) is 2.25. The van der Waals surface area contributed by atoms with Gasteiger partial charge in [-0.05, 0) is 18.4 Å². The van der Waals surface area contributed by atoms with E-state index in [1.165, 1.54) is 0 Å². The Labute approximate surface area is 117 Å². The molecule has 0 aliphatic heterocycles. The summed E-state index contributed by atoms with van der Waals surface area (Å²) < 4.78 is 1.69. The molecule has 0 aliphatic rings. The second-order valence-electron chi connectivity index (χ2n) is 4.75. The Morgan fingerprint density at radius 1 is 1.15 bits per heavy atom. The van der Waals surface area contributed by atoms with E-state index >= 15 is 0 Å². The fraction of sp³-hybridized carbons (Fsp3) is 0.125. The van der Waals surface area contributed by atoms with Crippen molar-refractivity contribution in [3.63, 3.8) is 0 Å². The number of fused-ring (bicyclic) bond motifs is 1. The summed E-state index contributed by atoms with van der Waals surface area (Å²) in [5.41, 5.74) is 2.26. The molecule has 0 spiro atoms. The molecule has 3 aromatic rings. The lowest BCUT2D eigenvalue weighted by Crippen LogP contribution is -2.13. The van der Waals surface area contributed by atoms with Crippen LogP contribution in [0.5, 0.6) is 0 Å². The van der Waals surface area contributed by atoms with Gasteiger partial charge in [-0.1, -0.05) is 36.4 Å². The number of aromatic nitrogens is 2. The minimum atomic E-state index is -0.132. The van der Waals surface area contributed by atoms with Crippen LogP contribution in [0.3, 0.4) is 0 Å². The van der Waals surface area contributed by atoms with Crippen LogP contribution in [0.15, 0.2) is 48.7 Å². The van der Waals surface area contributed by atoms with Crippen LogP contribution in [-0.4, -0.2) is 15.7 Å². The molecule has 2 aromatic carbocycles. The molecule has 20 heavy (non-hydrogen) atoms. The fourth-order valence-corrected chi connectivity index (χ4v) is 2.25. The normalized spacial score (nSPS) is 10.7. The molecule has 0 unspecified atom stereocenters. The summed E-state index contributed by atoms with van der Waals surface area (Å²) in [7, 11) is 1.82. The molecular weight excluding hydrogens is 250 g/mol. The first-order valence-electron chi connectivity index (χ1n) is 6.44. The van der Waals surface area contributed by atoms with Gasteiger partial charge >= 0.3 is 0 Å². The summed E-state index contributed by atoms with van der Waals surface area (Å²) >= 11 is 0. The van der Waals surface area contributed by atoms with Gasteiger partial charge in [0.2, 0.25) is 0 Å². The molecular formula is C16H15N3O. The minimum absolute atomic E-state index is 0.132. The summed E-state index contributed by atoms with van der Waals surface area (Å²) in [5.74, 6) is -0.132. The molecule has 0 saturated heterocycles. The zero-order chi connectivity index (χ0) is 14.1. The Bertz CT molecular complexity index is 784. The number of nitrogens with one attached hydrogen (secondary N) is 1. The molecule has 0 aliphatic carbocycles. The first kappa shape index (κ1) is 12.4. The summed E-state index contributed by atoms with van der Waals surface area (Å²) in [6.07, 6.45) is 1.59. The third kappa shape index (κ3) is 2.05. The molecule has 0 fully saturated rings. The zero-order valence-electron chi connectivity index (χ0n) is 11.4. The number of hydrogen-bond acceptors (Lipinski definition) is 2. The van der Waals surface area contributed by atoms with Crippen LogP contribution in [-0.2, 0) is 7.05 Å². The standard InChI is InChI=1S/C16H15N3O/c1-11-14(10-17-19(11)2)16(20)18-15-9-5-7-12-6-3-4-8-13(12)15/h3-10H,1-2H3,(H,18,20). The molecule has 0 saturated carbocycles. The van der Waals surface area contributed by atoms with Crippen LogP contribution in [0.1, 0.15) is 16.1 Å². The second-order valence-corrected chi connectivity index (χ2v) is 4.75. The molecule has 3 rings (SSSR count). The number of anilines is 1. The average molecular weight is 265 g/mol. The number of aryl methyl sites for hydroxylation is 1. The predicted molar refractivity (Wildman–Crippen MR) is 79.8 cm³/mol. The van der Waals surface area contributed by atoms with Gasteiger partial charge in [0, 0.05) is 23.8 Å². The van der Waals surface area contributed by atoms with E-state index in [0.717, 1.165) is 22.2 Å². The number of carbonyl (C=O) groups is 1. The monoisotopic (exact) mass is 265 g/mol. The number of hydrogen-bond donors (Lipinski definition) is 1. The van der Waals surface area contributed by atoms with Crippen LogP contribution in [0.25, 0.3) is 10.8 Å². The number of nitrogens with zero attached hydrogens (tertiary/aromatic N) is 2. The summed E-state index contributed by atoms with van der Waals surface area (Å²) in [6, 6.07) is 13.9. The third-order valence-electron chi connectivity index (χ3n) is 3.52. The molecule has 1 heterocycles. The van der Waals surface area contributed by atoms with E-state index in [9.17, 15) is 4.79 Å². The van der Waals surface area contributed by atoms with E-state index in [4.69, 9.17) is 0 Å². The summed E-state index contributed by atoms with van der Waals surface area (Å²) in [5, 5.41) is 9.20. The lowest BCUT2D eigenvalue weighted by Gasteiger charge is -2.08. The number of amides is 1. The quantitative estimate of drug-likeness (QED) is 0.773. The summed E-state index contributed by atoms with van der Waals surface area (Å²) in [6.45, 7) is 1.88. The van der Waals surface area contributed by atoms with Crippen molar-refractivity contribution in [3.05, 3.63) is 59.9 Å². The van der Waals surface area contributed by atoms with Crippen molar-refractivity contribution in [2.24, 2.45) is 7.05 Å². The SMILES string of the molecule is Cc1c(C(=O)Nc2cccc3ccccc23)cnn1C. The van der Waals surface area contributed by atoms with E-state index < -0.39 is 0 Å². The molecule has 100 valence electrons. The van der Waals surface area contributed by atoms with E-state index in [2.05, 4.69) is 10.4 Å². The van der Waals surface area contributed by atoms with Gasteiger partial charge in [0.1, 0.15) is 0 Å². The molecule has 4 nitrogen and oxygen atoms in total. The number of benzene rings is 2. The molecule has 1 amide bonds. The lowest BCUT2D eigenvalue weighted by atomic mass is 10.1. The van der Waals surface area contributed by atoms with Crippen LogP contribution in [0.4, 0.5) is 5.69 Å². The van der Waals surface area contributed by atoms with Crippen molar-refractivity contribution in [1.29, 1.82) is 0 Å². The Morgan fingerprint density at radius 2 is 1.90 bits per heavy atom. The largest absolute Gasteiger partial charge is 0.321 e. The smallest absolute Gasteiger partial charge is 0.259 e. The van der Waals surface area contributed by atoms with Crippen LogP contribution in [0, 0.1) is 6.92 Å². The van der Waals surface area contributed by atoms with Crippen LogP contribution < -0.4 is 5.32 Å². The highest BCUT2D eigenvalue weighted by Gasteiger charge is 2.13. The molecule has 0 bridgehead atoms. The van der Waals surface area contributed by atoms with E-state index in [0.29, 0.717) is 5.56 Å². The maximum atomic E-state index is 12.3. The van der Waals surface area contributed by atoms with Crippen molar-refractivity contribution >= 4 is 22.4 Å². The zero-order valence-corrected chi connectivity index (χ0v) is 11.4. The van der Waals surface area contributed by atoms with Crippen LogP contribution in [0.2, 0.25) is 0 Å². The van der Waals surface area contributed by atoms with Gasteiger partial charge in [0.15, 0.2) is 0 Å². The maximum Gasteiger partial charge on any atom is 0.259 e. The third-order valence-corrected chi connectivity index (χ3v) is 3.52. The Balaban J connectivity index is 1.97. The highest BCUT2D eigenvalue weighted by Crippen LogP contribution is 2.23. The highest BCUT2D eigenvalue weighted by molar-refractivity contribution is 6.09. The van der Waals surface area contributed by atoms with Gasteiger partial charge in [-0.2, -0.15) is 5.10 Å². The van der Waals surface area contributed by atoms with E-state index in [-0.39, 0.29) is 5.91 Å². The van der Waals surface area contributed by atoms with Crippen molar-refractivity contribution < 1.29 is 4.79 Å². The molecule has 1 aromatic heterocycles. The van der Waals surface area contributed by atoms with E-state index in [1.807, 2.05) is 56.4 Å². The molecule has 0 atom stereocenters. The van der Waals surface area contributed by atoms with E-state index in [1.54, 1.807) is 10.9 Å². The Kier molecular flexibility index (Phi) is 2.99. The second kappa shape index (κ2) is 4.81. The molecule has 0 radical (unpaired) electrons. The predicted octanol–water partition coefficient (Wildman–Crippen LogP) is 3.13. The van der Waals surface area contributed by atoms with Gasteiger partial charge in [-0.25, -0.2) is 0 Å². The van der Waals surface area contributed by atoms with Gasteiger partial charge < -0.3 is 5.32 Å². The van der Waals surface area contributed by atoms with Crippen molar-refractivity contribution in [2.45, 2.75) is 6.92 Å². The molecule has 1 N–H and O–H groups in total. The molecule has 4 heteroatoms. The lowest BCUT2D eigenvalue weighted by molar-refractivity contribution is 0.102.